The molecule has 0 saturated heterocycles. The molecular formula is C7H7ClN2O5. The predicted octanol–water partition coefficient (Wildman–Crippen LogP) is 0.764. The molecule has 0 unspecified atom stereocenters. The first-order valence-corrected chi connectivity index (χ1v) is 3.91. The second-order valence-corrected chi connectivity index (χ2v) is 2.99. The van der Waals surface area contributed by atoms with Crippen LogP contribution < -0.4 is 0 Å². The lowest BCUT2D eigenvalue weighted by Gasteiger charge is -2.08. The van der Waals surface area contributed by atoms with E-state index in [1.54, 1.807) is 6.07 Å². The van der Waals surface area contributed by atoms with Crippen molar-refractivity contribution in [2.45, 2.75) is 5.12 Å². The van der Waals surface area contributed by atoms with Crippen molar-refractivity contribution in [3.05, 3.63) is 56.1 Å². The van der Waals surface area contributed by atoms with Crippen LogP contribution in [0.15, 0.2) is 30.3 Å². The van der Waals surface area contributed by atoms with Gasteiger partial charge in [0, 0.05) is 0 Å². The maximum atomic E-state index is 10.5. The second-order valence-electron chi connectivity index (χ2n) is 2.47. The minimum absolute atomic E-state index is 0. The number of hydrogen-bond donors (Lipinski definition) is 0. The molecule has 0 atom stereocenters. The SMILES string of the molecule is O.O=[N+]([O-])C(Cl)(c1ccccc1)[N+](=O)[O-]. The van der Waals surface area contributed by atoms with Crippen LogP contribution in [0.1, 0.15) is 5.56 Å². The molecule has 2 N–H and O–H groups in total. The van der Waals surface area contributed by atoms with Gasteiger partial charge in [-0.15, -0.1) is 0 Å². The van der Waals surface area contributed by atoms with E-state index in [9.17, 15) is 20.2 Å². The molecule has 1 aromatic carbocycles. The van der Waals surface area contributed by atoms with E-state index < -0.39 is 15.0 Å². The molecule has 0 fully saturated rings. The van der Waals surface area contributed by atoms with Gasteiger partial charge in [-0.3, -0.25) is 20.2 Å². The third kappa shape index (κ3) is 2.20. The number of rotatable bonds is 3. The first-order valence-electron chi connectivity index (χ1n) is 3.53. The van der Waals surface area contributed by atoms with Crippen LogP contribution in [-0.4, -0.2) is 15.3 Å². The van der Waals surface area contributed by atoms with Crippen LogP contribution in [0.2, 0.25) is 0 Å². The van der Waals surface area contributed by atoms with E-state index in [1.807, 2.05) is 0 Å². The summed E-state index contributed by atoms with van der Waals surface area (Å²) in [6, 6.07) is 6.94. The molecule has 8 heteroatoms. The second kappa shape index (κ2) is 4.67. The lowest BCUT2D eigenvalue weighted by Crippen LogP contribution is -2.37. The van der Waals surface area contributed by atoms with Crippen molar-refractivity contribution in [2.75, 3.05) is 0 Å². The van der Waals surface area contributed by atoms with Gasteiger partial charge in [0.15, 0.2) is 0 Å². The Bertz CT molecular complexity index is 355. The zero-order chi connectivity index (χ0) is 10.8. The Labute approximate surface area is 88.9 Å². The summed E-state index contributed by atoms with van der Waals surface area (Å²) < 4.78 is 0. The molecule has 0 heterocycles. The molecule has 0 bridgehead atoms. The van der Waals surface area contributed by atoms with E-state index in [-0.39, 0.29) is 11.0 Å². The van der Waals surface area contributed by atoms with Gasteiger partial charge in [0.25, 0.3) is 0 Å². The maximum Gasteiger partial charge on any atom is 0.564 e. The first kappa shape index (κ1) is 13.3. The van der Waals surface area contributed by atoms with E-state index in [0.29, 0.717) is 0 Å². The summed E-state index contributed by atoms with van der Waals surface area (Å²) in [5, 5.41) is 18.2. The highest BCUT2D eigenvalue weighted by atomic mass is 35.5. The van der Waals surface area contributed by atoms with Gasteiger partial charge in [0.05, 0.1) is 11.6 Å². The lowest BCUT2D eigenvalue weighted by molar-refractivity contribution is -0.778. The zero-order valence-electron chi connectivity index (χ0n) is 7.29. The minimum Gasteiger partial charge on any atom is -0.412 e. The highest BCUT2D eigenvalue weighted by Gasteiger charge is 2.56. The summed E-state index contributed by atoms with van der Waals surface area (Å²) in [5.74, 6) is 0. The Morgan fingerprint density at radius 1 is 1.07 bits per heavy atom. The first-order chi connectivity index (χ1) is 6.49. The largest absolute Gasteiger partial charge is 0.564 e. The van der Waals surface area contributed by atoms with Crippen molar-refractivity contribution < 1.29 is 15.3 Å². The Morgan fingerprint density at radius 2 is 1.47 bits per heavy atom. The number of nitro groups is 2. The molecule has 1 rings (SSSR count). The maximum absolute atomic E-state index is 10.5. The van der Waals surface area contributed by atoms with Crippen LogP contribution in [0.4, 0.5) is 0 Å². The van der Waals surface area contributed by atoms with E-state index >= 15 is 0 Å². The Hall–Kier alpha value is -1.73. The Kier molecular flexibility index (Phi) is 4.13. The molecule has 82 valence electrons. The number of nitrogens with zero attached hydrogens (tertiary/aromatic N) is 2. The number of halogens is 1. The van der Waals surface area contributed by atoms with Crippen molar-refractivity contribution in [1.29, 1.82) is 0 Å². The standard InChI is InChI=1S/C7H5ClN2O4.H2O/c8-7(9(11)12,10(13)14)6-4-2-1-3-5-6;/h1-5H;1H2. The van der Waals surface area contributed by atoms with Gasteiger partial charge in [-0.05, 0) is 12.1 Å². The topological polar surface area (TPSA) is 118 Å². The Morgan fingerprint density at radius 3 is 1.80 bits per heavy atom. The van der Waals surface area contributed by atoms with Crippen LogP contribution in [-0.2, 0) is 5.12 Å². The summed E-state index contributed by atoms with van der Waals surface area (Å²) in [7, 11) is 0. The van der Waals surface area contributed by atoms with E-state index in [4.69, 9.17) is 11.6 Å². The highest BCUT2D eigenvalue weighted by Crippen LogP contribution is 2.29. The third-order valence-corrected chi connectivity index (χ3v) is 2.12. The van der Waals surface area contributed by atoms with Crippen LogP contribution in [0.3, 0.4) is 0 Å². The molecule has 0 radical (unpaired) electrons. The molecule has 7 nitrogen and oxygen atoms in total. The van der Waals surface area contributed by atoms with Crippen molar-refractivity contribution in [3.63, 3.8) is 0 Å². The molecule has 0 aliphatic rings. The molecule has 1 aromatic rings. The van der Waals surface area contributed by atoms with Gasteiger partial charge >= 0.3 is 5.12 Å². The zero-order valence-corrected chi connectivity index (χ0v) is 8.05. The van der Waals surface area contributed by atoms with Crippen molar-refractivity contribution in [1.82, 2.24) is 0 Å². The van der Waals surface area contributed by atoms with Gasteiger partial charge in [0.2, 0.25) is 0 Å². The average molecular weight is 235 g/mol. The number of hydrogen-bond acceptors (Lipinski definition) is 4. The summed E-state index contributed by atoms with van der Waals surface area (Å²) >= 11 is 5.34. The van der Waals surface area contributed by atoms with Gasteiger partial charge < -0.3 is 5.48 Å². The number of benzene rings is 1. The van der Waals surface area contributed by atoms with Crippen LogP contribution >= 0.6 is 11.6 Å². The van der Waals surface area contributed by atoms with Crippen LogP contribution in [0, 0.1) is 20.2 Å². The predicted molar refractivity (Wildman–Crippen MR) is 51.6 cm³/mol. The molecular weight excluding hydrogens is 228 g/mol. The highest BCUT2D eigenvalue weighted by molar-refractivity contribution is 6.21. The third-order valence-electron chi connectivity index (χ3n) is 1.62. The van der Waals surface area contributed by atoms with Crippen LogP contribution in [0.25, 0.3) is 0 Å². The summed E-state index contributed by atoms with van der Waals surface area (Å²) in [5.41, 5.74) is -0.170. The smallest absolute Gasteiger partial charge is 0.412 e. The van der Waals surface area contributed by atoms with E-state index in [1.165, 1.54) is 24.3 Å². The monoisotopic (exact) mass is 234 g/mol. The van der Waals surface area contributed by atoms with Crippen LogP contribution in [0.5, 0.6) is 0 Å². The minimum atomic E-state index is -2.79. The van der Waals surface area contributed by atoms with Gasteiger partial charge in [-0.2, -0.15) is 0 Å². The van der Waals surface area contributed by atoms with E-state index in [2.05, 4.69) is 0 Å². The number of alkyl halides is 1. The van der Waals surface area contributed by atoms with E-state index in [0.717, 1.165) is 0 Å². The fourth-order valence-electron chi connectivity index (χ4n) is 0.928. The van der Waals surface area contributed by atoms with Gasteiger partial charge in [0.1, 0.15) is 15.4 Å². The van der Waals surface area contributed by atoms with Crippen molar-refractivity contribution >= 4 is 11.6 Å². The summed E-state index contributed by atoms with van der Waals surface area (Å²) in [6.07, 6.45) is 0. The quantitative estimate of drug-likeness (QED) is 0.252. The molecule has 0 aliphatic heterocycles. The van der Waals surface area contributed by atoms with Crippen molar-refractivity contribution in [3.8, 4) is 0 Å². The van der Waals surface area contributed by atoms with Gasteiger partial charge in [-0.1, -0.05) is 18.2 Å². The molecule has 0 aliphatic carbocycles. The molecule has 0 spiro atoms. The fourth-order valence-corrected chi connectivity index (χ4v) is 1.05. The summed E-state index contributed by atoms with van der Waals surface area (Å²) in [6.45, 7) is 0. The molecule has 0 saturated carbocycles. The summed E-state index contributed by atoms with van der Waals surface area (Å²) in [4.78, 5) is 18.7. The molecule has 0 aromatic heterocycles. The fraction of sp³-hybridized carbons (Fsp3) is 0.143. The van der Waals surface area contributed by atoms with Gasteiger partial charge in [-0.25, -0.2) is 0 Å². The normalized spacial score (nSPS) is 10.2. The van der Waals surface area contributed by atoms with Crippen molar-refractivity contribution in [2.24, 2.45) is 0 Å². The molecule has 0 amide bonds. The Balaban J connectivity index is 0.00000196. The lowest BCUT2D eigenvalue weighted by atomic mass is 10.2. The average Bonchev–Trinajstić information content (AvgIpc) is 2.17. The molecule has 15 heavy (non-hydrogen) atoms.